The third-order valence-electron chi connectivity index (χ3n) is 3.68. The van der Waals surface area contributed by atoms with E-state index in [0.29, 0.717) is 5.92 Å². The molecule has 0 unspecified atom stereocenters. The van der Waals surface area contributed by atoms with Gasteiger partial charge < -0.3 is 9.15 Å². The van der Waals surface area contributed by atoms with E-state index in [2.05, 4.69) is 16.2 Å². The van der Waals surface area contributed by atoms with Crippen molar-refractivity contribution in [3.05, 3.63) is 41.6 Å². The molecule has 0 saturated heterocycles. The van der Waals surface area contributed by atoms with Crippen molar-refractivity contribution in [1.82, 2.24) is 14.7 Å². The standard InChI is InChI=1S/C15H21N3O2/c1-3-19-11-13-9-18(10-14-5-4-6-20-14)8-12-7-17(2)16-15(12)13/h4-7,13H,3,8-11H2,1-2H3/t13-/m0/s1. The highest BCUT2D eigenvalue weighted by molar-refractivity contribution is 5.24. The largest absolute Gasteiger partial charge is 0.468 e. The van der Waals surface area contributed by atoms with Gasteiger partial charge in [0.1, 0.15) is 5.76 Å². The first-order valence-corrected chi connectivity index (χ1v) is 7.11. The second-order valence-electron chi connectivity index (χ2n) is 5.32. The molecule has 5 nitrogen and oxygen atoms in total. The highest BCUT2D eigenvalue weighted by atomic mass is 16.5. The third kappa shape index (κ3) is 2.78. The minimum atomic E-state index is 0.342. The van der Waals surface area contributed by atoms with E-state index in [0.717, 1.165) is 38.6 Å². The zero-order chi connectivity index (χ0) is 13.9. The first kappa shape index (κ1) is 13.4. The summed E-state index contributed by atoms with van der Waals surface area (Å²) >= 11 is 0. The number of nitrogens with zero attached hydrogens (tertiary/aromatic N) is 3. The molecule has 3 heterocycles. The molecule has 1 atom stereocenters. The number of ether oxygens (including phenoxy) is 1. The molecule has 20 heavy (non-hydrogen) atoms. The fraction of sp³-hybridized carbons (Fsp3) is 0.533. The third-order valence-corrected chi connectivity index (χ3v) is 3.68. The molecule has 1 aliphatic rings. The zero-order valence-electron chi connectivity index (χ0n) is 12.1. The van der Waals surface area contributed by atoms with Crippen molar-refractivity contribution in [1.29, 1.82) is 0 Å². The molecule has 0 fully saturated rings. The second kappa shape index (κ2) is 5.81. The Balaban J connectivity index is 1.76. The summed E-state index contributed by atoms with van der Waals surface area (Å²) < 4.78 is 13.0. The van der Waals surface area contributed by atoms with Gasteiger partial charge in [0, 0.05) is 44.4 Å². The van der Waals surface area contributed by atoms with E-state index in [4.69, 9.17) is 9.15 Å². The minimum Gasteiger partial charge on any atom is -0.468 e. The SMILES string of the molecule is CCOC[C@@H]1CN(Cc2ccco2)Cc2cn(C)nc21. The van der Waals surface area contributed by atoms with E-state index < -0.39 is 0 Å². The Bertz CT molecular complexity index is 547. The Morgan fingerprint density at radius 3 is 3.15 bits per heavy atom. The van der Waals surface area contributed by atoms with Gasteiger partial charge in [-0.15, -0.1) is 0 Å². The molecule has 2 aromatic rings. The maximum Gasteiger partial charge on any atom is 0.117 e. The second-order valence-corrected chi connectivity index (χ2v) is 5.32. The average Bonchev–Trinajstić information content (AvgIpc) is 3.04. The van der Waals surface area contributed by atoms with Gasteiger partial charge in [-0.3, -0.25) is 9.58 Å². The Morgan fingerprint density at radius 1 is 1.50 bits per heavy atom. The Morgan fingerprint density at radius 2 is 2.40 bits per heavy atom. The predicted molar refractivity (Wildman–Crippen MR) is 75.3 cm³/mol. The van der Waals surface area contributed by atoms with Gasteiger partial charge in [0.2, 0.25) is 0 Å². The fourth-order valence-corrected chi connectivity index (χ4v) is 2.86. The summed E-state index contributed by atoms with van der Waals surface area (Å²) in [6.07, 6.45) is 3.84. The first-order valence-electron chi connectivity index (χ1n) is 7.11. The molecule has 0 radical (unpaired) electrons. The van der Waals surface area contributed by atoms with Crippen LogP contribution in [-0.2, 0) is 24.9 Å². The van der Waals surface area contributed by atoms with E-state index >= 15 is 0 Å². The van der Waals surface area contributed by atoms with Crippen LogP contribution in [0.1, 0.15) is 29.9 Å². The van der Waals surface area contributed by atoms with Gasteiger partial charge >= 0.3 is 0 Å². The topological polar surface area (TPSA) is 43.4 Å². The van der Waals surface area contributed by atoms with E-state index in [1.807, 2.05) is 30.8 Å². The van der Waals surface area contributed by atoms with Crippen molar-refractivity contribution in [3.8, 4) is 0 Å². The molecule has 0 saturated carbocycles. The van der Waals surface area contributed by atoms with Crippen LogP contribution in [0.5, 0.6) is 0 Å². The molecule has 1 aliphatic heterocycles. The van der Waals surface area contributed by atoms with E-state index in [9.17, 15) is 0 Å². The molecule has 0 aliphatic carbocycles. The highest BCUT2D eigenvalue weighted by Gasteiger charge is 2.28. The maximum atomic E-state index is 5.62. The highest BCUT2D eigenvalue weighted by Crippen LogP contribution is 2.28. The van der Waals surface area contributed by atoms with Crippen LogP contribution < -0.4 is 0 Å². The molecule has 0 aromatic carbocycles. The number of rotatable bonds is 5. The molecule has 0 N–H and O–H groups in total. The van der Waals surface area contributed by atoms with Gasteiger partial charge in [-0.05, 0) is 19.1 Å². The summed E-state index contributed by atoms with van der Waals surface area (Å²) in [5.41, 5.74) is 2.49. The molecular weight excluding hydrogens is 254 g/mol. The monoisotopic (exact) mass is 275 g/mol. The van der Waals surface area contributed by atoms with Crippen molar-refractivity contribution in [2.24, 2.45) is 7.05 Å². The Hall–Kier alpha value is -1.59. The molecule has 0 bridgehead atoms. The lowest BCUT2D eigenvalue weighted by Crippen LogP contribution is -2.34. The van der Waals surface area contributed by atoms with Crippen LogP contribution >= 0.6 is 0 Å². The fourth-order valence-electron chi connectivity index (χ4n) is 2.86. The zero-order valence-corrected chi connectivity index (χ0v) is 12.1. The van der Waals surface area contributed by atoms with Gasteiger partial charge in [-0.25, -0.2) is 0 Å². The number of furan rings is 1. The summed E-state index contributed by atoms with van der Waals surface area (Å²) in [7, 11) is 1.98. The number of hydrogen-bond donors (Lipinski definition) is 0. The predicted octanol–water partition coefficient (Wildman–Crippen LogP) is 2.15. The van der Waals surface area contributed by atoms with E-state index in [1.165, 1.54) is 11.3 Å². The van der Waals surface area contributed by atoms with Gasteiger partial charge in [-0.1, -0.05) is 0 Å². The van der Waals surface area contributed by atoms with Gasteiger partial charge in [-0.2, -0.15) is 5.10 Å². The van der Waals surface area contributed by atoms with Gasteiger partial charge in [0.15, 0.2) is 0 Å². The summed E-state index contributed by atoms with van der Waals surface area (Å²) in [4.78, 5) is 2.40. The van der Waals surface area contributed by atoms with Crippen molar-refractivity contribution in [2.45, 2.75) is 25.9 Å². The van der Waals surface area contributed by atoms with Crippen LogP contribution in [0.25, 0.3) is 0 Å². The van der Waals surface area contributed by atoms with Crippen molar-refractivity contribution >= 4 is 0 Å². The lowest BCUT2D eigenvalue weighted by molar-refractivity contribution is 0.101. The van der Waals surface area contributed by atoms with E-state index in [-0.39, 0.29) is 0 Å². The number of fused-ring (bicyclic) bond motifs is 1. The number of hydrogen-bond acceptors (Lipinski definition) is 4. The first-order chi connectivity index (χ1) is 9.76. The van der Waals surface area contributed by atoms with Crippen LogP contribution in [0.15, 0.2) is 29.0 Å². The number of aryl methyl sites for hydroxylation is 1. The molecule has 0 amide bonds. The molecular formula is C15H21N3O2. The summed E-state index contributed by atoms with van der Waals surface area (Å²) in [6, 6.07) is 3.96. The summed E-state index contributed by atoms with van der Waals surface area (Å²) in [5.74, 6) is 1.35. The van der Waals surface area contributed by atoms with Crippen LogP contribution in [0.4, 0.5) is 0 Å². The van der Waals surface area contributed by atoms with Crippen molar-refractivity contribution in [3.63, 3.8) is 0 Å². The average molecular weight is 275 g/mol. The molecule has 2 aromatic heterocycles. The molecule has 0 spiro atoms. The summed E-state index contributed by atoms with van der Waals surface area (Å²) in [5, 5.41) is 4.60. The van der Waals surface area contributed by atoms with Gasteiger partial charge in [0.25, 0.3) is 0 Å². The van der Waals surface area contributed by atoms with Crippen LogP contribution in [-0.4, -0.2) is 34.4 Å². The smallest absolute Gasteiger partial charge is 0.117 e. The summed E-state index contributed by atoms with van der Waals surface area (Å²) in [6.45, 7) is 6.23. The number of aromatic nitrogens is 2. The van der Waals surface area contributed by atoms with Crippen LogP contribution in [0, 0.1) is 0 Å². The lowest BCUT2D eigenvalue weighted by atomic mass is 9.97. The molecule has 5 heteroatoms. The van der Waals surface area contributed by atoms with Crippen LogP contribution in [0.2, 0.25) is 0 Å². The quantitative estimate of drug-likeness (QED) is 0.838. The lowest BCUT2D eigenvalue weighted by Gasteiger charge is -2.31. The molecule has 108 valence electrons. The van der Waals surface area contributed by atoms with Crippen molar-refractivity contribution < 1.29 is 9.15 Å². The van der Waals surface area contributed by atoms with Crippen molar-refractivity contribution in [2.75, 3.05) is 19.8 Å². The maximum absolute atomic E-state index is 5.62. The normalized spacial score (nSPS) is 19.2. The van der Waals surface area contributed by atoms with E-state index in [1.54, 1.807) is 6.26 Å². The minimum absolute atomic E-state index is 0.342. The van der Waals surface area contributed by atoms with Crippen LogP contribution in [0.3, 0.4) is 0 Å². The molecule has 3 rings (SSSR count). The Labute approximate surface area is 119 Å². The Kier molecular flexibility index (Phi) is 3.89. The van der Waals surface area contributed by atoms with Gasteiger partial charge in [0.05, 0.1) is 25.1 Å².